The van der Waals surface area contributed by atoms with Crippen molar-refractivity contribution in [2.45, 2.75) is 40.5 Å². The summed E-state index contributed by atoms with van der Waals surface area (Å²) in [4.78, 5) is 0. The Morgan fingerprint density at radius 2 is 1.29 bits per heavy atom. The third-order valence-corrected chi connectivity index (χ3v) is 11.7. The van der Waals surface area contributed by atoms with Crippen LogP contribution in [0.1, 0.15) is 40.5 Å². The first-order chi connectivity index (χ1) is 16.4. The number of allylic oxidation sites excluding steroid dienone is 6. The molecular weight excluding hydrogens is 507 g/mol. The minimum atomic E-state index is -1.82. The summed E-state index contributed by atoms with van der Waals surface area (Å²) in [7, 11) is -1.82. The zero-order valence-electron chi connectivity index (χ0n) is 21.5. The molecule has 0 radical (unpaired) electrons. The second kappa shape index (κ2) is 12.2. The van der Waals surface area contributed by atoms with E-state index in [9.17, 15) is 0 Å². The molecule has 0 saturated heterocycles. The molecule has 0 saturated carbocycles. The van der Waals surface area contributed by atoms with Crippen LogP contribution in [0.25, 0.3) is 0 Å². The molecule has 0 heterocycles. The Hall–Kier alpha value is -2.21. The van der Waals surface area contributed by atoms with Crippen molar-refractivity contribution in [1.82, 2.24) is 0 Å². The van der Waals surface area contributed by atoms with E-state index in [1.54, 1.807) is 0 Å². The van der Waals surface area contributed by atoms with Gasteiger partial charge < -0.3 is 17.0 Å². The van der Waals surface area contributed by atoms with Gasteiger partial charge in [-0.15, -0.1) is 0 Å². The van der Waals surface area contributed by atoms with Gasteiger partial charge in [-0.1, -0.05) is 97.8 Å². The van der Waals surface area contributed by atoms with E-state index in [1.807, 2.05) is 0 Å². The molecule has 0 N–H and O–H groups in total. The highest BCUT2D eigenvalue weighted by atomic mass is 79.9. The van der Waals surface area contributed by atoms with Gasteiger partial charge in [0, 0.05) is 5.92 Å². The lowest BCUT2D eigenvalue weighted by atomic mass is 9.68. The molecule has 3 aromatic rings. The van der Waals surface area contributed by atoms with Crippen molar-refractivity contribution in [2.75, 3.05) is 6.16 Å². The second-order valence-electron chi connectivity index (χ2n) is 10.3. The van der Waals surface area contributed by atoms with Gasteiger partial charge in [0.2, 0.25) is 0 Å². The molecule has 3 aromatic carbocycles. The summed E-state index contributed by atoms with van der Waals surface area (Å²) in [6.45, 7) is 9.38. The lowest BCUT2D eigenvalue weighted by Gasteiger charge is -2.36. The van der Waals surface area contributed by atoms with Crippen LogP contribution >= 0.6 is 7.26 Å². The number of benzene rings is 3. The minimum absolute atomic E-state index is 0. The van der Waals surface area contributed by atoms with Crippen LogP contribution in [0.15, 0.2) is 126 Å². The van der Waals surface area contributed by atoms with E-state index in [0.29, 0.717) is 11.3 Å². The first-order valence-corrected chi connectivity index (χ1v) is 14.5. The highest BCUT2D eigenvalue weighted by molar-refractivity contribution is 7.95. The molecular formula is C33H38BrP. The molecule has 4 rings (SSSR count). The minimum Gasteiger partial charge on any atom is -1.00 e. The largest absolute Gasteiger partial charge is 1.00 e. The highest BCUT2D eigenvalue weighted by Gasteiger charge is 2.44. The predicted octanol–water partition coefficient (Wildman–Crippen LogP) is 4.87. The van der Waals surface area contributed by atoms with Gasteiger partial charge in [-0.25, -0.2) is 0 Å². The Morgan fingerprint density at radius 3 is 1.71 bits per heavy atom. The van der Waals surface area contributed by atoms with Gasteiger partial charge in [-0.05, 0) is 74.6 Å². The third kappa shape index (κ3) is 6.14. The molecule has 0 spiro atoms. The lowest BCUT2D eigenvalue weighted by Crippen LogP contribution is -3.00. The molecule has 0 fully saturated rings. The number of hydrogen-bond acceptors (Lipinski definition) is 0. The van der Waals surface area contributed by atoms with Crippen molar-refractivity contribution >= 4 is 23.2 Å². The van der Waals surface area contributed by atoms with Crippen molar-refractivity contribution < 1.29 is 17.0 Å². The summed E-state index contributed by atoms with van der Waals surface area (Å²) in [5, 5.41) is 4.31. The van der Waals surface area contributed by atoms with Crippen molar-refractivity contribution in [1.29, 1.82) is 0 Å². The predicted molar refractivity (Wildman–Crippen MR) is 153 cm³/mol. The quantitative estimate of drug-likeness (QED) is 0.226. The van der Waals surface area contributed by atoms with Gasteiger partial charge in [0.15, 0.2) is 0 Å². The molecule has 0 amide bonds. The summed E-state index contributed by atoms with van der Waals surface area (Å²) < 4.78 is 0. The Balaban J connectivity index is 0.00000342. The van der Waals surface area contributed by atoms with Crippen LogP contribution in [0.5, 0.6) is 0 Å². The Kier molecular flexibility index (Phi) is 9.51. The Bertz CT molecular complexity index is 1060. The Morgan fingerprint density at radius 1 is 0.829 bits per heavy atom. The van der Waals surface area contributed by atoms with Crippen LogP contribution in [0.3, 0.4) is 0 Å². The highest BCUT2D eigenvalue weighted by Crippen LogP contribution is 2.55. The van der Waals surface area contributed by atoms with E-state index in [0.717, 1.165) is 6.16 Å². The smallest absolute Gasteiger partial charge is 0.115 e. The van der Waals surface area contributed by atoms with Gasteiger partial charge in [-0.2, -0.15) is 0 Å². The molecule has 1 aliphatic carbocycles. The van der Waals surface area contributed by atoms with Crippen molar-refractivity contribution in [3.05, 3.63) is 126 Å². The molecule has 1 atom stereocenters. The lowest BCUT2D eigenvalue weighted by molar-refractivity contribution is -0.00000747. The summed E-state index contributed by atoms with van der Waals surface area (Å²) in [6.07, 6.45) is 13.2. The fourth-order valence-corrected chi connectivity index (χ4v) is 9.52. The maximum absolute atomic E-state index is 2.48. The SMILES string of the molecule is CC(C=CC1C(C)=CCCC1(C)C)=CC[P+](c1ccccc1)(c1ccccc1)c1ccccc1.[Br-]. The molecule has 0 aromatic heterocycles. The van der Waals surface area contributed by atoms with Crippen LogP contribution in [0, 0.1) is 11.3 Å². The van der Waals surface area contributed by atoms with E-state index in [2.05, 4.69) is 143 Å². The van der Waals surface area contributed by atoms with Gasteiger partial charge in [0.05, 0.1) is 6.16 Å². The van der Waals surface area contributed by atoms with Crippen LogP contribution in [0.2, 0.25) is 0 Å². The standard InChI is InChI=1S/C33H38P.BrH/c1-27(22-23-32-28(2)15-14-25-33(32,3)4)24-26-34(29-16-8-5-9-17-29,30-18-10-6-11-19-30)31-20-12-7-13-21-31;/h5-13,15-24,32H,14,25-26H2,1-4H3;1H/q+1;/p-1. The second-order valence-corrected chi connectivity index (χ2v) is 13.8. The van der Waals surface area contributed by atoms with E-state index in [1.165, 1.54) is 39.9 Å². The monoisotopic (exact) mass is 544 g/mol. The van der Waals surface area contributed by atoms with E-state index in [-0.39, 0.29) is 17.0 Å². The first kappa shape index (κ1) is 27.4. The summed E-state index contributed by atoms with van der Waals surface area (Å²) in [5.74, 6) is 0.515. The zero-order valence-corrected chi connectivity index (χ0v) is 24.0. The fraction of sp³-hybridized carbons (Fsp3) is 0.273. The van der Waals surface area contributed by atoms with Gasteiger partial charge in [0.1, 0.15) is 23.2 Å². The van der Waals surface area contributed by atoms with Crippen molar-refractivity contribution in [3.8, 4) is 0 Å². The number of rotatable bonds is 7. The third-order valence-electron chi connectivity index (χ3n) is 7.42. The molecule has 35 heavy (non-hydrogen) atoms. The fourth-order valence-electron chi connectivity index (χ4n) is 5.39. The molecule has 1 aliphatic rings. The molecule has 2 heteroatoms. The normalized spacial score (nSPS) is 18.1. The van der Waals surface area contributed by atoms with E-state index < -0.39 is 7.26 Å². The zero-order chi connectivity index (χ0) is 24.0. The van der Waals surface area contributed by atoms with Crippen LogP contribution in [-0.2, 0) is 0 Å². The summed E-state index contributed by atoms with van der Waals surface area (Å²) in [5.41, 5.74) is 3.19. The molecule has 182 valence electrons. The maximum atomic E-state index is 2.48. The van der Waals surface area contributed by atoms with Crippen LogP contribution < -0.4 is 32.9 Å². The molecule has 1 unspecified atom stereocenters. The van der Waals surface area contributed by atoms with Crippen molar-refractivity contribution in [2.24, 2.45) is 11.3 Å². The Labute approximate surface area is 224 Å². The average Bonchev–Trinajstić information content (AvgIpc) is 2.86. The van der Waals surface area contributed by atoms with Crippen molar-refractivity contribution in [3.63, 3.8) is 0 Å². The van der Waals surface area contributed by atoms with Gasteiger partial charge >= 0.3 is 0 Å². The van der Waals surface area contributed by atoms with Crippen LogP contribution in [0.4, 0.5) is 0 Å². The van der Waals surface area contributed by atoms with E-state index in [4.69, 9.17) is 0 Å². The van der Waals surface area contributed by atoms with Crippen LogP contribution in [-0.4, -0.2) is 6.16 Å². The number of halogens is 1. The first-order valence-electron chi connectivity index (χ1n) is 12.5. The maximum Gasteiger partial charge on any atom is 0.115 e. The van der Waals surface area contributed by atoms with Gasteiger partial charge in [-0.3, -0.25) is 0 Å². The van der Waals surface area contributed by atoms with E-state index >= 15 is 0 Å². The molecule has 0 aliphatic heterocycles. The topological polar surface area (TPSA) is 0 Å². The molecule has 0 nitrogen and oxygen atoms in total. The molecule has 0 bridgehead atoms. The summed E-state index contributed by atoms with van der Waals surface area (Å²) in [6, 6.07) is 33.4. The average molecular weight is 546 g/mol. The summed E-state index contributed by atoms with van der Waals surface area (Å²) >= 11 is 0. The number of hydrogen-bond donors (Lipinski definition) is 0. The van der Waals surface area contributed by atoms with Gasteiger partial charge in [0.25, 0.3) is 0 Å².